The number of hydrogen-bond acceptors (Lipinski definition) is 3. The van der Waals surface area contributed by atoms with Crippen LogP contribution in [0.15, 0.2) is 0 Å². The number of cyclic esters (lactones) is 1. The summed E-state index contributed by atoms with van der Waals surface area (Å²) >= 11 is 0. The lowest BCUT2D eigenvalue weighted by Crippen LogP contribution is -2.25. The average Bonchev–Trinajstić information content (AvgIpc) is 2.09. The third-order valence-corrected chi connectivity index (χ3v) is 1.90. The fraction of sp³-hybridized carbons (Fsp3) is 0.857. The number of carbonyl (C=O) groups is 1. The summed E-state index contributed by atoms with van der Waals surface area (Å²) in [5.74, 6) is -0.264. The molecule has 1 rings (SSSR count). The number of carbonyl (C=O) groups excluding carboxylic acids is 1. The minimum Gasteiger partial charge on any atom is -0.460 e. The van der Waals surface area contributed by atoms with E-state index in [0.29, 0.717) is 0 Å². The van der Waals surface area contributed by atoms with E-state index in [1.165, 1.54) is 0 Å². The van der Waals surface area contributed by atoms with Gasteiger partial charge in [0.2, 0.25) is 0 Å². The molecule has 0 N–H and O–H groups in total. The Bertz CT molecular complexity index is 144. The first-order valence-corrected chi connectivity index (χ1v) is 3.40. The van der Waals surface area contributed by atoms with E-state index in [-0.39, 0.29) is 24.1 Å². The topological polar surface area (TPSA) is 35.5 Å². The highest BCUT2D eigenvalue weighted by atomic mass is 16.6. The fourth-order valence-corrected chi connectivity index (χ4v) is 1.29. The third-order valence-electron chi connectivity index (χ3n) is 1.90. The number of methoxy groups -OCH3 is 1. The van der Waals surface area contributed by atoms with Crippen molar-refractivity contribution in [3.8, 4) is 0 Å². The SMILES string of the molecule is COC1C(C)C(=O)O[C@H]1C. The zero-order chi connectivity index (χ0) is 7.72. The molecule has 0 saturated carbocycles. The zero-order valence-corrected chi connectivity index (χ0v) is 6.46. The van der Waals surface area contributed by atoms with Crippen LogP contribution in [0.1, 0.15) is 13.8 Å². The van der Waals surface area contributed by atoms with E-state index in [1.54, 1.807) is 7.11 Å². The lowest BCUT2D eigenvalue weighted by molar-refractivity contribution is -0.143. The summed E-state index contributed by atoms with van der Waals surface area (Å²) in [6.45, 7) is 3.66. The molecule has 3 nitrogen and oxygen atoms in total. The zero-order valence-electron chi connectivity index (χ0n) is 6.46. The van der Waals surface area contributed by atoms with Crippen molar-refractivity contribution in [2.45, 2.75) is 26.1 Å². The van der Waals surface area contributed by atoms with E-state index in [2.05, 4.69) is 0 Å². The second kappa shape index (κ2) is 2.58. The van der Waals surface area contributed by atoms with Crippen LogP contribution in [0.25, 0.3) is 0 Å². The Hall–Kier alpha value is -0.570. The first-order valence-electron chi connectivity index (χ1n) is 3.40. The first-order chi connectivity index (χ1) is 4.66. The fourth-order valence-electron chi connectivity index (χ4n) is 1.29. The maximum absolute atomic E-state index is 10.9. The van der Waals surface area contributed by atoms with E-state index in [4.69, 9.17) is 9.47 Å². The molecule has 1 heterocycles. The smallest absolute Gasteiger partial charge is 0.311 e. The van der Waals surface area contributed by atoms with Gasteiger partial charge in [0, 0.05) is 7.11 Å². The van der Waals surface area contributed by atoms with Crippen LogP contribution in [-0.4, -0.2) is 25.3 Å². The van der Waals surface area contributed by atoms with Crippen LogP contribution < -0.4 is 0 Å². The highest BCUT2D eigenvalue weighted by Crippen LogP contribution is 2.22. The second-order valence-electron chi connectivity index (χ2n) is 2.63. The van der Waals surface area contributed by atoms with Gasteiger partial charge in [0.05, 0.1) is 5.92 Å². The Labute approximate surface area is 60.3 Å². The highest BCUT2D eigenvalue weighted by Gasteiger charge is 2.39. The summed E-state index contributed by atoms with van der Waals surface area (Å²) in [4.78, 5) is 10.9. The van der Waals surface area contributed by atoms with Gasteiger partial charge in [0.15, 0.2) is 0 Å². The quantitative estimate of drug-likeness (QED) is 0.505. The molecule has 0 amide bonds. The van der Waals surface area contributed by atoms with Crippen molar-refractivity contribution >= 4 is 5.97 Å². The van der Waals surface area contributed by atoms with Crippen molar-refractivity contribution in [1.82, 2.24) is 0 Å². The molecule has 10 heavy (non-hydrogen) atoms. The van der Waals surface area contributed by atoms with Crippen LogP contribution in [0.4, 0.5) is 0 Å². The Morgan fingerprint density at radius 3 is 2.30 bits per heavy atom. The van der Waals surface area contributed by atoms with Gasteiger partial charge in [0.1, 0.15) is 12.2 Å². The van der Waals surface area contributed by atoms with Crippen molar-refractivity contribution in [3.63, 3.8) is 0 Å². The summed E-state index contributed by atoms with van der Waals surface area (Å²) < 4.78 is 9.97. The Kier molecular flexibility index (Phi) is 1.94. The Balaban J connectivity index is 2.64. The molecule has 1 saturated heterocycles. The van der Waals surface area contributed by atoms with Gasteiger partial charge in [-0.25, -0.2) is 0 Å². The van der Waals surface area contributed by atoms with E-state index >= 15 is 0 Å². The minimum absolute atomic E-state index is 0.0625. The lowest BCUT2D eigenvalue weighted by Gasteiger charge is -2.12. The number of rotatable bonds is 1. The molecule has 0 aliphatic carbocycles. The molecular formula is C7H12O3. The van der Waals surface area contributed by atoms with Crippen LogP contribution in [0, 0.1) is 5.92 Å². The van der Waals surface area contributed by atoms with E-state index in [0.717, 1.165) is 0 Å². The van der Waals surface area contributed by atoms with E-state index in [9.17, 15) is 4.79 Å². The van der Waals surface area contributed by atoms with Gasteiger partial charge in [-0.15, -0.1) is 0 Å². The second-order valence-corrected chi connectivity index (χ2v) is 2.63. The van der Waals surface area contributed by atoms with Crippen molar-refractivity contribution in [2.24, 2.45) is 5.92 Å². The molecule has 0 spiro atoms. The van der Waals surface area contributed by atoms with Gasteiger partial charge in [-0.1, -0.05) is 0 Å². The molecule has 1 aliphatic rings. The molecule has 0 bridgehead atoms. The Morgan fingerprint density at radius 2 is 2.10 bits per heavy atom. The van der Waals surface area contributed by atoms with Crippen molar-refractivity contribution in [1.29, 1.82) is 0 Å². The van der Waals surface area contributed by atoms with Gasteiger partial charge in [-0.3, -0.25) is 4.79 Å². The number of hydrogen-bond donors (Lipinski definition) is 0. The van der Waals surface area contributed by atoms with Gasteiger partial charge in [0.25, 0.3) is 0 Å². The molecule has 0 aromatic rings. The molecule has 0 aromatic carbocycles. The molecule has 0 radical (unpaired) electrons. The van der Waals surface area contributed by atoms with Crippen molar-refractivity contribution in [3.05, 3.63) is 0 Å². The largest absolute Gasteiger partial charge is 0.460 e. The maximum atomic E-state index is 10.9. The van der Waals surface area contributed by atoms with E-state index in [1.807, 2.05) is 13.8 Å². The standard InChI is InChI=1S/C7H12O3/c1-4-6(9-3)5(2)10-7(4)8/h4-6H,1-3H3/t4?,5-,6?/m0/s1. The van der Waals surface area contributed by atoms with Gasteiger partial charge < -0.3 is 9.47 Å². The predicted molar refractivity (Wildman–Crippen MR) is 35.5 cm³/mol. The summed E-state index contributed by atoms with van der Waals surface area (Å²) in [5, 5.41) is 0. The summed E-state index contributed by atoms with van der Waals surface area (Å²) in [6, 6.07) is 0. The molecule has 3 heteroatoms. The summed E-state index contributed by atoms with van der Waals surface area (Å²) in [7, 11) is 1.60. The maximum Gasteiger partial charge on any atom is 0.311 e. The molecular weight excluding hydrogens is 132 g/mol. The van der Waals surface area contributed by atoms with Crippen molar-refractivity contribution < 1.29 is 14.3 Å². The first kappa shape index (κ1) is 7.54. The summed E-state index contributed by atoms with van der Waals surface area (Å²) in [5.41, 5.74) is 0. The highest BCUT2D eigenvalue weighted by molar-refractivity contribution is 5.75. The monoisotopic (exact) mass is 144 g/mol. The van der Waals surface area contributed by atoms with Gasteiger partial charge >= 0.3 is 5.97 Å². The normalized spacial score (nSPS) is 39.9. The summed E-state index contributed by atoms with van der Waals surface area (Å²) in [6.07, 6.45) is -0.153. The van der Waals surface area contributed by atoms with Crippen molar-refractivity contribution in [2.75, 3.05) is 7.11 Å². The molecule has 3 atom stereocenters. The van der Waals surface area contributed by atoms with Crippen LogP contribution >= 0.6 is 0 Å². The lowest BCUT2D eigenvalue weighted by atomic mass is 10.1. The molecule has 1 aliphatic heterocycles. The number of ether oxygens (including phenoxy) is 2. The third kappa shape index (κ3) is 1.01. The van der Waals surface area contributed by atoms with Crippen LogP contribution in [0.2, 0.25) is 0 Å². The molecule has 1 fully saturated rings. The minimum atomic E-state index is -0.153. The average molecular weight is 144 g/mol. The van der Waals surface area contributed by atoms with Crippen LogP contribution in [0.3, 0.4) is 0 Å². The van der Waals surface area contributed by atoms with E-state index < -0.39 is 0 Å². The molecule has 2 unspecified atom stereocenters. The van der Waals surface area contributed by atoms with Crippen LogP contribution in [0.5, 0.6) is 0 Å². The Morgan fingerprint density at radius 1 is 1.50 bits per heavy atom. The molecule has 58 valence electrons. The van der Waals surface area contributed by atoms with Crippen LogP contribution in [-0.2, 0) is 14.3 Å². The van der Waals surface area contributed by atoms with Gasteiger partial charge in [-0.05, 0) is 13.8 Å². The predicted octanol–water partition coefficient (Wildman–Crippen LogP) is 0.583. The molecule has 0 aromatic heterocycles. The number of esters is 1. The van der Waals surface area contributed by atoms with Gasteiger partial charge in [-0.2, -0.15) is 0 Å².